The van der Waals surface area contributed by atoms with Crippen LogP contribution in [0.15, 0.2) is 0 Å². The van der Waals surface area contributed by atoms with E-state index in [1.807, 2.05) is 0 Å². The molecule has 3 aliphatic carbocycles. The zero-order valence-electron chi connectivity index (χ0n) is 15.9. The summed E-state index contributed by atoms with van der Waals surface area (Å²) >= 11 is 0. The minimum atomic E-state index is -0.650. The summed E-state index contributed by atoms with van der Waals surface area (Å²) in [6.07, 6.45) is 10.8. The van der Waals surface area contributed by atoms with Crippen molar-refractivity contribution in [2.75, 3.05) is 0 Å². The molecule has 1 N–H and O–H groups in total. The average Bonchev–Trinajstić information content (AvgIpc) is 3.33. The molecule has 2 heterocycles. The number of ether oxygens (including phenoxy) is 4. The highest BCUT2D eigenvalue weighted by Gasteiger charge is 2.60. The van der Waals surface area contributed by atoms with Gasteiger partial charge in [-0.1, -0.05) is 45.4 Å². The van der Waals surface area contributed by atoms with Crippen molar-refractivity contribution in [3.05, 3.63) is 0 Å². The Morgan fingerprint density at radius 1 is 0.577 bits per heavy atom. The molecule has 5 rings (SSSR count). The van der Waals surface area contributed by atoms with Crippen LogP contribution in [0.5, 0.6) is 0 Å². The topological polar surface area (TPSA) is 57.2 Å². The van der Waals surface area contributed by atoms with Crippen LogP contribution in [0.4, 0.5) is 0 Å². The molecule has 0 aromatic heterocycles. The van der Waals surface area contributed by atoms with Crippen molar-refractivity contribution in [3.8, 4) is 0 Å². The van der Waals surface area contributed by atoms with Crippen LogP contribution < -0.4 is 0 Å². The van der Waals surface area contributed by atoms with Crippen LogP contribution in [0.1, 0.15) is 71.1 Å². The molecule has 3 saturated carbocycles. The van der Waals surface area contributed by atoms with E-state index < -0.39 is 6.10 Å². The molecule has 5 aliphatic rings. The van der Waals surface area contributed by atoms with E-state index in [1.165, 1.54) is 64.2 Å². The number of aliphatic hydroxyl groups is 1. The van der Waals surface area contributed by atoms with Crippen molar-refractivity contribution >= 4 is 0 Å². The molecule has 5 nitrogen and oxygen atoms in total. The molecule has 0 spiro atoms. The fourth-order valence-electron chi connectivity index (χ4n) is 6.02. The second-order valence-electron chi connectivity index (χ2n) is 9.29. The van der Waals surface area contributed by atoms with E-state index in [0.717, 1.165) is 0 Å². The maximum Gasteiger partial charge on any atom is 0.161 e. The molecule has 2 saturated heterocycles. The molecule has 0 radical (unpaired) electrons. The second kappa shape index (κ2) is 7.32. The first-order valence-electron chi connectivity index (χ1n) is 11.0. The molecule has 148 valence electrons. The predicted molar refractivity (Wildman–Crippen MR) is 95.4 cm³/mol. The molecule has 0 amide bonds. The largest absolute Gasteiger partial charge is 0.387 e. The Bertz CT molecular complexity index is 419. The molecule has 0 aromatic carbocycles. The second-order valence-corrected chi connectivity index (χ2v) is 9.29. The maximum absolute atomic E-state index is 11.0. The lowest BCUT2D eigenvalue weighted by Gasteiger charge is -2.39. The van der Waals surface area contributed by atoms with Gasteiger partial charge in [0.25, 0.3) is 0 Å². The number of aliphatic hydroxyl groups excluding tert-OH is 1. The first-order chi connectivity index (χ1) is 12.7. The van der Waals surface area contributed by atoms with Crippen LogP contribution >= 0.6 is 0 Å². The molecule has 5 fully saturated rings. The van der Waals surface area contributed by atoms with Gasteiger partial charge < -0.3 is 24.1 Å². The average molecular weight is 366 g/mol. The van der Waals surface area contributed by atoms with Gasteiger partial charge in [-0.25, -0.2) is 0 Å². The van der Waals surface area contributed by atoms with E-state index in [0.29, 0.717) is 11.8 Å². The molecule has 26 heavy (non-hydrogen) atoms. The van der Waals surface area contributed by atoms with Gasteiger partial charge in [0.15, 0.2) is 12.6 Å². The van der Waals surface area contributed by atoms with Crippen LogP contribution in [0.25, 0.3) is 0 Å². The number of fused-ring (bicyclic) bond motifs is 2. The van der Waals surface area contributed by atoms with E-state index >= 15 is 0 Å². The molecule has 2 aliphatic heterocycles. The van der Waals surface area contributed by atoms with Crippen LogP contribution in [0.2, 0.25) is 0 Å². The van der Waals surface area contributed by atoms with Crippen LogP contribution in [0.3, 0.4) is 0 Å². The summed E-state index contributed by atoms with van der Waals surface area (Å²) < 4.78 is 25.3. The predicted octanol–water partition coefficient (Wildman–Crippen LogP) is 3.38. The van der Waals surface area contributed by atoms with Crippen LogP contribution in [0, 0.1) is 17.8 Å². The van der Waals surface area contributed by atoms with Crippen molar-refractivity contribution in [1.82, 2.24) is 0 Å². The highest BCUT2D eigenvalue weighted by molar-refractivity contribution is 5.05. The van der Waals surface area contributed by atoms with Gasteiger partial charge in [0.1, 0.15) is 18.3 Å². The van der Waals surface area contributed by atoms with Crippen LogP contribution in [-0.4, -0.2) is 48.2 Å². The zero-order valence-corrected chi connectivity index (χ0v) is 15.9. The van der Waals surface area contributed by atoms with Crippen molar-refractivity contribution in [2.45, 2.75) is 114 Å². The molecule has 4 unspecified atom stereocenters. The summed E-state index contributed by atoms with van der Waals surface area (Å²) in [4.78, 5) is 0. The minimum Gasteiger partial charge on any atom is -0.387 e. The van der Waals surface area contributed by atoms with Gasteiger partial charge in [0.2, 0.25) is 0 Å². The van der Waals surface area contributed by atoms with E-state index in [9.17, 15) is 5.11 Å². The number of hydrogen-bond acceptors (Lipinski definition) is 5. The third-order valence-corrected chi connectivity index (χ3v) is 7.59. The monoisotopic (exact) mass is 366 g/mol. The number of hydrogen-bond donors (Lipinski definition) is 1. The van der Waals surface area contributed by atoms with Gasteiger partial charge in [-0.3, -0.25) is 0 Å². The minimum absolute atomic E-state index is 0.0770. The van der Waals surface area contributed by atoms with Crippen molar-refractivity contribution < 1.29 is 24.1 Å². The van der Waals surface area contributed by atoms with Gasteiger partial charge in [0.05, 0.1) is 12.2 Å². The summed E-state index contributed by atoms with van der Waals surface area (Å²) in [5.41, 5.74) is 0. The fraction of sp³-hybridized carbons (Fsp3) is 1.00. The summed E-state index contributed by atoms with van der Waals surface area (Å²) in [5, 5.41) is 11.0. The third kappa shape index (κ3) is 3.04. The lowest BCUT2D eigenvalue weighted by Crippen LogP contribution is -2.57. The molecule has 5 heteroatoms. The van der Waals surface area contributed by atoms with Gasteiger partial charge in [-0.2, -0.15) is 0 Å². The smallest absolute Gasteiger partial charge is 0.161 e. The highest BCUT2D eigenvalue weighted by atomic mass is 16.8. The first kappa shape index (κ1) is 17.9. The SMILES string of the molecule is CC1[C@H]2OC(C3CCCCC3)O[C@H]2C(O)[C@@H]2OC(C3CCCCC3)O[C@@H]12. The van der Waals surface area contributed by atoms with Gasteiger partial charge in [-0.05, 0) is 25.7 Å². The zero-order chi connectivity index (χ0) is 17.7. The summed E-state index contributed by atoms with van der Waals surface area (Å²) in [7, 11) is 0. The lowest BCUT2D eigenvalue weighted by molar-refractivity contribution is -0.150. The quantitative estimate of drug-likeness (QED) is 0.812. The van der Waals surface area contributed by atoms with Crippen molar-refractivity contribution in [3.63, 3.8) is 0 Å². The Kier molecular flexibility index (Phi) is 5.03. The Hall–Kier alpha value is -0.200. The number of rotatable bonds is 2. The maximum atomic E-state index is 11.0. The fourth-order valence-corrected chi connectivity index (χ4v) is 6.02. The van der Waals surface area contributed by atoms with E-state index in [1.54, 1.807) is 0 Å². The van der Waals surface area contributed by atoms with Gasteiger partial charge in [0, 0.05) is 17.8 Å². The highest BCUT2D eigenvalue weighted by Crippen LogP contribution is 2.46. The lowest BCUT2D eigenvalue weighted by atomic mass is 9.80. The molecular formula is C21H34O5. The van der Waals surface area contributed by atoms with Gasteiger partial charge in [-0.15, -0.1) is 0 Å². The third-order valence-electron chi connectivity index (χ3n) is 7.59. The van der Waals surface area contributed by atoms with E-state index in [4.69, 9.17) is 18.9 Å². The van der Waals surface area contributed by atoms with Crippen LogP contribution in [-0.2, 0) is 18.9 Å². The van der Waals surface area contributed by atoms with Gasteiger partial charge >= 0.3 is 0 Å². The summed E-state index contributed by atoms with van der Waals surface area (Å²) in [5.74, 6) is 1.14. The molecule has 8 atom stereocenters. The first-order valence-corrected chi connectivity index (χ1v) is 11.0. The van der Waals surface area contributed by atoms with Crippen molar-refractivity contribution in [2.24, 2.45) is 17.8 Å². The van der Waals surface area contributed by atoms with E-state index in [-0.39, 0.29) is 42.9 Å². The van der Waals surface area contributed by atoms with E-state index in [2.05, 4.69) is 6.92 Å². The molecule has 0 aromatic rings. The Morgan fingerprint density at radius 2 is 0.962 bits per heavy atom. The molecular weight excluding hydrogens is 332 g/mol. The Balaban J connectivity index is 1.27. The Morgan fingerprint density at radius 3 is 1.38 bits per heavy atom. The normalized spacial score (nSPS) is 50.5. The standard InChI is InChI=1S/C21H34O5/c1-12-16-18(25-20(23-16)13-8-4-2-5-9-13)15(22)19-17(12)24-21(26-19)14-10-6-3-7-11-14/h12-22H,2-11H2,1H3/t12?,15?,16-,17+,18-,19-,20?,21?/m0/s1. The summed E-state index contributed by atoms with van der Waals surface area (Å²) in [6, 6.07) is 0. The van der Waals surface area contributed by atoms with Crippen molar-refractivity contribution in [1.29, 1.82) is 0 Å². The molecule has 0 bridgehead atoms. The summed E-state index contributed by atoms with van der Waals surface area (Å²) in [6.45, 7) is 2.18. The Labute approximate surface area is 156 Å².